The first-order chi connectivity index (χ1) is 32.5. The molecule has 0 radical (unpaired) electrons. The van der Waals surface area contributed by atoms with E-state index in [9.17, 15) is 18.7 Å². The number of fused-ring (bicyclic) bond motifs is 2. The van der Waals surface area contributed by atoms with Crippen LogP contribution in [-0.4, -0.2) is 108 Å². The Hall–Kier alpha value is -4.35. The molecule has 6 fully saturated rings. The van der Waals surface area contributed by atoms with Crippen LogP contribution < -0.4 is 16.0 Å². The van der Waals surface area contributed by atoms with Crippen LogP contribution in [0.3, 0.4) is 0 Å². The van der Waals surface area contributed by atoms with Gasteiger partial charge in [0.15, 0.2) is 36.3 Å². The molecule has 4 N–H and O–H groups in total. The lowest BCUT2D eigenvalue weighted by Gasteiger charge is -2.32. The van der Waals surface area contributed by atoms with E-state index >= 15 is 0 Å². The third kappa shape index (κ3) is 11.0. The Morgan fingerprint density at radius 1 is 0.765 bits per heavy atom. The smallest absolute Gasteiger partial charge is 0.366 e. The first-order valence-electron chi connectivity index (χ1n) is 22.2. The van der Waals surface area contributed by atoms with E-state index in [1.165, 1.54) is 0 Å². The van der Waals surface area contributed by atoms with Crippen LogP contribution in [0.4, 0.5) is 0 Å². The quantitative estimate of drug-likeness (QED) is 0.184. The summed E-state index contributed by atoms with van der Waals surface area (Å²) < 4.78 is 98.4. The number of phosphoric ester groups is 2. The summed E-state index contributed by atoms with van der Waals surface area (Å²) in [5.74, 6) is -2.76. The maximum Gasteiger partial charge on any atom is 0.475 e. The molecular formula is C44H55N6O16P2+. The second kappa shape index (κ2) is 19.8. The number of hydrogen-bond acceptors (Lipinski definition) is 19. The van der Waals surface area contributed by atoms with Gasteiger partial charge in [-0.25, -0.2) is 9.13 Å². The lowest BCUT2D eigenvalue weighted by atomic mass is 10.1. The molecule has 7 aliphatic rings. The summed E-state index contributed by atoms with van der Waals surface area (Å²) in [5, 5.41) is 0. The molecule has 12 atom stereocenters. The first kappa shape index (κ1) is 48.7. The van der Waals surface area contributed by atoms with Crippen LogP contribution in [0.2, 0.25) is 0 Å². The van der Waals surface area contributed by atoms with Crippen molar-refractivity contribution < 1.29 is 78.8 Å². The molecule has 10 rings (SSSR count). The number of rotatable bonds is 12. The number of nitrogens with two attached hydrogens (primary N) is 2. The lowest BCUT2D eigenvalue weighted by molar-refractivity contribution is -0.766. The molecule has 366 valence electrons. The molecule has 22 nitrogen and oxygen atoms in total. The molecule has 0 bridgehead atoms. The Kier molecular flexibility index (Phi) is 14.2. The summed E-state index contributed by atoms with van der Waals surface area (Å²) >= 11 is 0. The lowest BCUT2D eigenvalue weighted by Crippen LogP contribution is -2.46. The van der Waals surface area contributed by atoms with E-state index in [0.29, 0.717) is 30.4 Å². The average Bonchev–Trinajstić information content (AvgIpc) is 4.04. The fourth-order valence-electron chi connectivity index (χ4n) is 8.84. The molecule has 2 amide bonds. The van der Waals surface area contributed by atoms with Crippen molar-refractivity contribution in [3.63, 3.8) is 0 Å². The molecule has 3 aromatic heterocycles. The number of primary amides is 2. The van der Waals surface area contributed by atoms with Crippen LogP contribution in [0.1, 0.15) is 86.9 Å². The average molecular weight is 986 g/mol. The Bertz CT molecular complexity index is 2470. The number of phosphoric acid groups is 2. The van der Waals surface area contributed by atoms with Crippen molar-refractivity contribution in [3.05, 3.63) is 114 Å². The maximum atomic E-state index is 13.2. The van der Waals surface area contributed by atoms with Gasteiger partial charge < -0.3 is 44.8 Å². The molecule has 10 heterocycles. The summed E-state index contributed by atoms with van der Waals surface area (Å²) in [7, 11) is -7.68. The minimum absolute atomic E-state index is 0.0991. The Morgan fingerprint density at radius 2 is 1.32 bits per heavy atom. The number of allylic oxidation sites excluding steroid dienone is 1. The summed E-state index contributed by atoms with van der Waals surface area (Å²) in [4.78, 5) is 33.2. The number of hydrogen-bond donors (Lipinski definition) is 2. The summed E-state index contributed by atoms with van der Waals surface area (Å²) in [6, 6.07) is 10.6. The van der Waals surface area contributed by atoms with E-state index in [1.807, 2.05) is 32.1 Å². The third-order valence-corrected chi connectivity index (χ3v) is 14.8. The fourth-order valence-corrected chi connectivity index (χ4v) is 11.6. The van der Waals surface area contributed by atoms with E-state index < -0.39 is 100 Å². The van der Waals surface area contributed by atoms with Gasteiger partial charge in [-0.05, 0) is 63.4 Å². The normalized spacial score (nSPS) is 35.7. The largest absolute Gasteiger partial charge is 0.475 e. The molecule has 6 saturated heterocycles. The molecular weight excluding hydrogens is 930 g/mol. The fraction of sp³-hybridized carbons (Fsp3) is 0.523. The van der Waals surface area contributed by atoms with Gasteiger partial charge in [0, 0.05) is 61.7 Å². The topological polar surface area (TPSA) is 264 Å². The molecule has 3 aromatic rings. The van der Waals surface area contributed by atoms with Crippen LogP contribution in [0.25, 0.3) is 0 Å². The van der Waals surface area contributed by atoms with Gasteiger partial charge in [-0.3, -0.25) is 46.7 Å². The van der Waals surface area contributed by atoms with Gasteiger partial charge in [-0.15, -0.1) is 0 Å². The summed E-state index contributed by atoms with van der Waals surface area (Å²) in [6.07, 6.45) is 11.5. The van der Waals surface area contributed by atoms with Crippen molar-refractivity contribution in [2.45, 2.75) is 120 Å². The third-order valence-electron chi connectivity index (χ3n) is 11.9. The van der Waals surface area contributed by atoms with E-state index in [-0.39, 0.29) is 26.4 Å². The number of nitrogens with zero attached hydrogens (tertiary/aromatic N) is 4. The van der Waals surface area contributed by atoms with Gasteiger partial charge in [0.2, 0.25) is 5.91 Å². The van der Waals surface area contributed by atoms with E-state index in [2.05, 4.69) is 9.97 Å². The summed E-state index contributed by atoms with van der Waals surface area (Å²) in [6.45, 7) is 7.47. The van der Waals surface area contributed by atoms with Gasteiger partial charge in [0.25, 0.3) is 12.1 Å². The zero-order valence-electron chi connectivity index (χ0n) is 37.8. The van der Waals surface area contributed by atoms with Crippen LogP contribution in [-0.2, 0) is 69.5 Å². The molecule has 7 aliphatic heterocycles. The van der Waals surface area contributed by atoms with Gasteiger partial charge in [-0.2, -0.15) is 4.57 Å². The highest BCUT2D eigenvalue weighted by molar-refractivity contribution is 7.48. The minimum Gasteiger partial charge on any atom is -0.366 e. The molecule has 24 heteroatoms. The molecule has 0 aromatic carbocycles. The van der Waals surface area contributed by atoms with Gasteiger partial charge in [-0.1, -0.05) is 18.2 Å². The highest BCUT2D eigenvalue weighted by atomic mass is 31.2. The maximum absolute atomic E-state index is 13.2. The van der Waals surface area contributed by atoms with Crippen LogP contribution in [0, 0.1) is 0 Å². The molecule has 0 saturated carbocycles. The number of ether oxygens (including phenoxy) is 6. The number of carbonyl (C=O) groups is 2. The van der Waals surface area contributed by atoms with Crippen molar-refractivity contribution in [3.8, 4) is 0 Å². The number of amides is 2. The van der Waals surface area contributed by atoms with Crippen molar-refractivity contribution >= 4 is 27.5 Å². The number of pyridine rings is 3. The zero-order valence-corrected chi connectivity index (χ0v) is 39.5. The van der Waals surface area contributed by atoms with E-state index in [0.717, 1.165) is 11.1 Å². The molecule has 0 spiro atoms. The molecule has 0 aliphatic carbocycles. The highest BCUT2D eigenvalue weighted by Gasteiger charge is 2.60. The second-order valence-corrected chi connectivity index (χ2v) is 21.0. The predicted octanol–water partition coefficient (Wildman–Crippen LogP) is 4.71. The Morgan fingerprint density at radius 3 is 1.88 bits per heavy atom. The first-order valence-corrected chi connectivity index (χ1v) is 25.1. The highest BCUT2D eigenvalue weighted by Crippen LogP contribution is 2.59. The van der Waals surface area contributed by atoms with Crippen LogP contribution in [0.15, 0.2) is 97.6 Å². The number of aromatic nitrogens is 3. The minimum atomic E-state index is -3.84. The monoisotopic (exact) mass is 985 g/mol. The van der Waals surface area contributed by atoms with Crippen LogP contribution >= 0.6 is 15.6 Å². The molecule has 68 heavy (non-hydrogen) atoms. The standard InChI is InChI=1S/C22H28N3O8P.C22H26N3O8P/c2*1-22(2)31-18-17(30-21(19(18)32-22)25-9-4-6-15(12-25)20(23)26)13-29-34(27)28-10-7-16(33-34)14-5-3-8-24-11-14/h3-5,8-9,11-12,16-19,21H,6-7,10,13H2,1-2H3,(H2,23,26);3-6,8-9,11-12,16-19,21H,7,10,13H2,1-2H3,(H-,23,26)/p+1/t2*16?,17?,18-,19-,21-,34?/m11/s1. The van der Waals surface area contributed by atoms with E-state index in [4.69, 9.17) is 67.0 Å². The SMILES string of the molecule is CC1(C)O[C@@H]2[C@H](O1)C(COP1(=O)OCCC(c3cccnc3)O1)O[C@H]2N1C=CCC(C(N)=O)=C1.CC1(C)O[C@@H]2[C@H](O1)C(COP1(=O)OCCC(c3cccnc3)O1)O[C@H]2[n+]1cccc(C(N)=O)c1. The van der Waals surface area contributed by atoms with Crippen molar-refractivity contribution in [1.82, 2.24) is 14.9 Å². The van der Waals surface area contributed by atoms with Gasteiger partial charge in [0.1, 0.15) is 36.1 Å². The second-order valence-electron chi connectivity index (χ2n) is 17.7. The van der Waals surface area contributed by atoms with Crippen molar-refractivity contribution in [1.29, 1.82) is 0 Å². The van der Waals surface area contributed by atoms with Crippen LogP contribution in [0.5, 0.6) is 0 Å². The van der Waals surface area contributed by atoms with Gasteiger partial charge >= 0.3 is 15.6 Å². The Labute approximate surface area is 392 Å². The van der Waals surface area contributed by atoms with Crippen molar-refractivity contribution in [2.75, 3.05) is 26.4 Å². The van der Waals surface area contributed by atoms with E-state index in [1.54, 1.807) is 97.2 Å². The summed E-state index contributed by atoms with van der Waals surface area (Å²) in [5.41, 5.74) is 13.3. The predicted molar refractivity (Wildman–Crippen MR) is 233 cm³/mol. The number of carbonyl (C=O) groups excluding carboxylic acids is 2. The van der Waals surface area contributed by atoms with Crippen molar-refractivity contribution in [2.24, 2.45) is 11.5 Å². The van der Waals surface area contributed by atoms with Gasteiger partial charge in [0.05, 0.1) is 38.6 Å². The zero-order chi connectivity index (χ0) is 47.8. The molecule has 6 unspecified atom stereocenters. The Balaban J connectivity index is 0.000000170.